The second-order valence-electron chi connectivity index (χ2n) is 5.27. The summed E-state index contributed by atoms with van der Waals surface area (Å²) in [6.07, 6.45) is 1.44. The molecule has 6 heteroatoms. The summed E-state index contributed by atoms with van der Waals surface area (Å²) in [6.45, 7) is 0.637. The van der Waals surface area contributed by atoms with Crippen LogP contribution in [-0.2, 0) is 4.79 Å². The van der Waals surface area contributed by atoms with Gasteiger partial charge in [-0.1, -0.05) is 30.3 Å². The fourth-order valence-electron chi connectivity index (χ4n) is 2.22. The average molecular weight is 301 g/mol. The van der Waals surface area contributed by atoms with E-state index < -0.39 is 0 Å². The van der Waals surface area contributed by atoms with Gasteiger partial charge in [0.25, 0.3) is 5.91 Å². The molecule has 2 rings (SSSR count). The molecule has 0 saturated heterocycles. The first-order chi connectivity index (χ1) is 10.6. The van der Waals surface area contributed by atoms with Crippen molar-refractivity contribution in [2.75, 3.05) is 11.9 Å². The Morgan fingerprint density at radius 2 is 1.91 bits per heavy atom. The van der Waals surface area contributed by atoms with Gasteiger partial charge in [0.15, 0.2) is 6.04 Å². The number of hydrogen-bond donors (Lipinski definition) is 5. The van der Waals surface area contributed by atoms with Gasteiger partial charge in [0.05, 0.1) is 6.54 Å². The summed E-state index contributed by atoms with van der Waals surface area (Å²) in [6, 6.07) is 13.6. The molecule has 0 aliphatic heterocycles. The zero-order chi connectivity index (χ0) is 15.9. The van der Waals surface area contributed by atoms with Gasteiger partial charge >= 0.3 is 5.96 Å². The van der Waals surface area contributed by atoms with Gasteiger partial charge in [-0.25, -0.2) is 0 Å². The number of anilines is 1. The fourth-order valence-corrected chi connectivity index (χ4v) is 2.22. The van der Waals surface area contributed by atoms with Crippen molar-refractivity contribution in [1.82, 2.24) is 0 Å². The van der Waals surface area contributed by atoms with Crippen LogP contribution in [0.1, 0.15) is 12.8 Å². The molecular formula is C16H23N5O+2. The maximum atomic E-state index is 12.1. The highest BCUT2D eigenvalue weighted by atomic mass is 16.2. The van der Waals surface area contributed by atoms with E-state index >= 15 is 0 Å². The molecule has 0 bridgehead atoms. The van der Waals surface area contributed by atoms with Crippen LogP contribution in [-0.4, -0.2) is 24.5 Å². The molecule has 2 aromatic carbocycles. The van der Waals surface area contributed by atoms with E-state index in [1.165, 1.54) is 0 Å². The molecule has 1 atom stereocenters. The van der Waals surface area contributed by atoms with Crippen LogP contribution in [0.2, 0.25) is 0 Å². The lowest BCUT2D eigenvalue weighted by molar-refractivity contribution is -0.463. The molecule has 116 valence electrons. The third-order valence-corrected chi connectivity index (χ3v) is 3.45. The highest BCUT2D eigenvalue weighted by molar-refractivity contribution is 5.96. The van der Waals surface area contributed by atoms with Crippen LogP contribution in [0.15, 0.2) is 42.5 Å². The highest BCUT2D eigenvalue weighted by Crippen LogP contribution is 2.18. The Kier molecular flexibility index (Phi) is 5.32. The van der Waals surface area contributed by atoms with E-state index in [0.717, 1.165) is 22.9 Å². The molecule has 0 aliphatic carbocycles. The van der Waals surface area contributed by atoms with Gasteiger partial charge in [-0.2, -0.15) is 0 Å². The largest absolute Gasteiger partial charge is 0.347 e. The Labute approximate surface area is 129 Å². The molecule has 0 aromatic heterocycles. The molecule has 0 heterocycles. The Morgan fingerprint density at radius 3 is 2.64 bits per heavy atom. The van der Waals surface area contributed by atoms with Gasteiger partial charge in [0, 0.05) is 12.1 Å². The molecule has 0 radical (unpaired) electrons. The lowest BCUT2D eigenvalue weighted by atomic mass is 10.1. The first-order valence-corrected chi connectivity index (χ1v) is 7.31. The summed E-state index contributed by atoms with van der Waals surface area (Å²) in [4.78, 5) is 15.0. The van der Waals surface area contributed by atoms with Gasteiger partial charge in [-0.05, 0) is 29.3 Å². The molecule has 0 unspecified atom stereocenters. The van der Waals surface area contributed by atoms with Gasteiger partial charge in [0.2, 0.25) is 0 Å². The Hall–Kier alpha value is -2.60. The van der Waals surface area contributed by atoms with E-state index in [4.69, 9.17) is 11.5 Å². The van der Waals surface area contributed by atoms with Crippen molar-refractivity contribution >= 4 is 28.3 Å². The Morgan fingerprint density at radius 1 is 1.18 bits per heavy atom. The van der Waals surface area contributed by atoms with Crippen LogP contribution in [0.25, 0.3) is 10.8 Å². The van der Waals surface area contributed by atoms with E-state index in [0.29, 0.717) is 13.0 Å². The summed E-state index contributed by atoms with van der Waals surface area (Å²) in [5.41, 5.74) is 15.3. The Balaban J connectivity index is 1.90. The minimum absolute atomic E-state index is 0.0834. The number of nitrogens with one attached hydrogen (secondary N) is 2. The quantitative estimate of drug-likeness (QED) is 0.254. The number of benzene rings is 2. The smallest absolute Gasteiger partial charge is 0.338 e. The van der Waals surface area contributed by atoms with Crippen molar-refractivity contribution in [3.05, 3.63) is 42.5 Å². The van der Waals surface area contributed by atoms with Crippen molar-refractivity contribution < 1.29 is 15.5 Å². The summed E-state index contributed by atoms with van der Waals surface area (Å²) in [7, 11) is 0. The van der Waals surface area contributed by atoms with Crippen LogP contribution in [0, 0.1) is 0 Å². The first kappa shape index (κ1) is 15.8. The normalized spacial score (nSPS) is 11.9. The molecule has 0 spiro atoms. The van der Waals surface area contributed by atoms with Crippen molar-refractivity contribution in [2.45, 2.75) is 18.9 Å². The zero-order valence-electron chi connectivity index (χ0n) is 12.5. The molecule has 0 fully saturated rings. The molecule has 0 aliphatic rings. The minimum atomic E-state index is -0.313. The zero-order valence-corrected chi connectivity index (χ0v) is 12.5. The number of nitrogens with two attached hydrogens (primary N) is 2. The lowest BCUT2D eigenvalue weighted by Gasteiger charge is -2.10. The number of rotatable bonds is 6. The summed E-state index contributed by atoms with van der Waals surface area (Å²) >= 11 is 0. The van der Waals surface area contributed by atoms with Crippen molar-refractivity contribution in [3.63, 3.8) is 0 Å². The summed E-state index contributed by atoms with van der Waals surface area (Å²) < 4.78 is 0. The van der Waals surface area contributed by atoms with Crippen molar-refractivity contribution in [1.29, 1.82) is 0 Å². The van der Waals surface area contributed by atoms with E-state index in [-0.39, 0.29) is 17.9 Å². The molecule has 1 amide bonds. The van der Waals surface area contributed by atoms with Crippen molar-refractivity contribution in [3.8, 4) is 0 Å². The number of fused-ring (bicyclic) bond motifs is 1. The van der Waals surface area contributed by atoms with Crippen LogP contribution in [0.3, 0.4) is 0 Å². The minimum Gasteiger partial charge on any atom is -0.347 e. The van der Waals surface area contributed by atoms with Crippen LogP contribution < -0.4 is 27.5 Å². The predicted molar refractivity (Wildman–Crippen MR) is 87.7 cm³/mol. The molecule has 9 N–H and O–H groups in total. The molecule has 22 heavy (non-hydrogen) atoms. The summed E-state index contributed by atoms with van der Waals surface area (Å²) in [5.74, 6) is 0.112. The van der Waals surface area contributed by atoms with E-state index in [2.05, 4.69) is 16.0 Å². The second kappa shape index (κ2) is 7.42. The van der Waals surface area contributed by atoms with Gasteiger partial charge < -0.3 is 11.1 Å². The fraction of sp³-hybridized carbons (Fsp3) is 0.250. The van der Waals surface area contributed by atoms with Crippen LogP contribution in [0.4, 0.5) is 5.69 Å². The number of amides is 1. The average Bonchev–Trinajstić information content (AvgIpc) is 2.51. The molecule has 6 nitrogen and oxygen atoms in total. The number of quaternary nitrogens is 1. The highest BCUT2D eigenvalue weighted by Gasteiger charge is 2.16. The van der Waals surface area contributed by atoms with E-state index in [1.54, 1.807) is 0 Å². The third kappa shape index (κ3) is 4.46. The lowest BCUT2D eigenvalue weighted by Crippen LogP contribution is -2.78. The van der Waals surface area contributed by atoms with E-state index in [1.807, 2.05) is 42.5 Å². The predicted octanol–water partition coefficient (Wildman–Crippen LogP) is -1.48. The van der Waals surface area contributed by atoms with Gasteiger partial charge in [0.1, 0.15) is 0 Å². The Bertz CT molecular complexity index is 679. The summed E-state index contributed by atoms with van der Waals surface area (Å²) in [5, 5.41) is 5.15. The number of guanidine groups is 1. The van der Waals surface area contributed by atoms with E-state index in [9.17, 15) is 4.79 Å². The number of carbonyl (C=O) groups is 1. The van der Waals surface area contributed by atoms with Gasteiger partial charge in [-0.15, -0.1) is 0 Å². The first-order valence-electron chi connectivity index (χ1n) is 7.31. The SMILES string of the molecule is NC(N)=[NH+]CCC[C@H]([NH3+])C(=O)Nc1ccc2ccccc2c1. The number of hydrogen-bond acceptors (Lipinski definition) is 1. The monoisotopic (exact) mass is 301 g/mol. The third-order valence-electron chi connectivity index (χ3n) is 3.45. The molecule has 0 saturated carbocycles. The second-order valence-corrected chi connectivity index (χ2v) is 5.27. The maximum absolute atomic E-state index is 12.1. The van der Waals surface area contributed by atoms with Crippen molar-refractivity contribution in [2.24, 2.45) is 11.5 Å². The topological polar surface area (TPSA) is 123 Å². The van der Waals surface area contributed by atoms with Crippen LogP contribution in [0.5, 0.6) is 0 Å². The van der Waals surface area contributed by atoms with Crippen LogP contribution >= 0.6 is 0 Å². The maximum Gasteiger partial charge on any atom is 0.338 e. The van der Waals surface area contributed by atoms with Gasteiger partial charge in [-0.3, -0.25) is 21.3 Å². The molecular weight excluding hydrogens is 278 g/mol. The molecule has 2 aromatic rings. The standard InChI is InChI=1S/C16H21N5O/c17-14(6-3-9-20-16(18)19)15(22)21-13-8-7-11-4-1-2-5-12(11)10-13/h1-2,4-5,7-8,10,14H,3,6,9,17H2,(H,21,22)(H4,18,19,20)/p+2/t14-/m0/s1. The number of carbonyl (C=O) groups excluding carboxylic acids is 1.